The Morgan fingerprint density at radius 1 is 1.21 bits per heavy atom. The quantitative estimate of drug-likeness (QED) is 0.416. The fraction of sp³-hybridized carbons (Fsp3) is 0.500. The van der Waals surface area contributed by atoms with E-state index in [1.165, 1.54) is 0 Å². The monoisotopic (exact) mass is 331 g/mol. The van der Waals surface area contributed by atoms with Crippen LogP contribution < -0.4 is 0 Å². The van der Waals surface area contributed by atoms with Crippen molar-refractivity contribution in [1.29, 1.82) is 0 Å². The van der Waals surface area contributed by atoms with Crippen molar-refractivity contribution in [2.45, 2.75) is 58.0 Å². The predicted molar refractivity (Wildman–Crippen MR) is 89.4 cm³/mol. The highest BCUT2D eigenvalue weighted by Crippen LogP contribution is 2.21. The van der Waals surface area contributed by atoms with Crippen molar-refractivity contribution in [2.24, 2.45) is 0 Å². The summed E-state index contributed by atoms with van der Waals surface area (Å²) in [6, 6.07) is 7.88. The Morgan fingerprint density at radius 2 is 1.92 bits per heavy atom. The third-order valence-corrected chi connectivity index (χ3v) is 4.18. The van der Waals surface area contributed by atoms with Crippen molar-refractivity contribution >= 4 is 17.7 Å². The summed E-state index contributed by atoms with van der Waals surface area (Å²) in [6.45, 7) is 2.19. The Hall–Kier alpha value is -2.21. The number of likely N-dealkylation sites (tertiary alicyclic amines) is 1. The van der Waals surface area contributed by atoms with Crippen molar-refractivity contribution < 1.29 is 14.4 Å². The molecule has 0 unspecified atom stereocenters. The molecule has 130 valence electrons. The fourth-order valence-corrected chi connectivity index (χ4v) is 2.77. The number of benzene rings is 1. The van der Waals surface area contributed by atoms with Gasteiger partial charge in [0.1, 0.15) is 6.04 Å². The highest BCUT2D eigenvalue weighted by molar-refractivity contribution is 6.06. The lowest BCUT2D eigenvalue weighted by Crippen LogP contribution is -2.41. The summed E-state index contributed by atoms with van der Waals surface area (Å²) in [6.07, 6.45) is 3.47. The highest BCUT2D eigenvalue weighted by Gasteiger charge is 2.40. The van der Waals surface area contributed by atoms with Crippen LogP contribution in [0.4, 0.5) is 0 Å². The number of nitrogens with zero attached hydrogens (tertiary/aromatic N) is 2. The van der Waals surface area contributed by atoms with Crippen LogP contribution in [0.3, 0.4) is 0 Å². The maximum absolute atomic E-state index is 12.4. The van der Waals surface area contributed by atoms with Gasteiger partial charge in [-0.2, -0.15) is 0 Å². The van der Waals surface area contributed by atoms with Gasteiger partial charge in [-0.1, -0.05) is 56.5 Å². The summed E-state index contributed by atoms with van der Waals surface area (Å²) >= 11 is 0. The number of imide groups is 1. The van der Waals surface area contributed by atoms with Gasteiger partial charge < -0.3 is 10.3 Å². The van der Waals surface area contributed by atoms with Gasteiger partial charge in [-0.3, -0.25) is 19.3 Å². The first-order valence-corrected chi connectivity index (χ1v) is 8.42. The maximum Gasteiger partial charge on any atom is 0.252 e. The molecule has 6 heteroatoms. The van der Waals surface area contributed by atoms with Gasteiger partial charge in [-0.05, 0) is 12.0 Å². The summed E-state index contributed by atoms with van der Waals surface area (Å²) in [7, 11) is 0. The van der Waals surface area contributed by atoms with Crippen molar-refractivity contribution in [2.75, 3.05) is 0 Å². The highest BCUT2D eigenvalue weighted by atomic mass is 16.5. The zero-order chi connectivity index (χ0) is 17.5. The van der Waals surface area contributed by atoms with E-state index in [-0.39, 0.29) is 24.4 Å². The zero-order valence-electron chi connectivity index (χ0n) is 13.9. The number of hydrogen-bond acceptors (Lipinski definition) is 4. The molecule has 1 atom stereocenters. The van der Waals surface area contributed by atoms with Crippen molar-refractivity contribution in [3.8, 4) is 0 Å². The molecule has 0 bridgehead atoms. The topological polar surface area (TPSA) is 80.8 Å². The molecule has 1 aliphatic rings. The normalized spacial score (nSPS) is 17.4. The van der Waals surface area contributed by atoms with Crippen molar-refractivity contribution in [1.82, 2.24) is 9.96 Å². The van der Waals surface area contributed by atoms with Gasteiger partial charge in [-0.15, -0.1) is 0 Å². The lowest BCUT2D eigenvalue weighted by Gasteiger charge is -2.33. The Balaban J connectivity index is 1.93. The van der Waals surface area contributed by atoms with E-state index in [0.717, 1.165) is 29.7 Å². The maximum atomic E-state index is 12.4. The van der Waals surface area contributed by atoms with Gasteiger partial charge in [0.25, 0.3) is 5.91 Å². The zero-order valence-corrected chi connectivity index (χ0v) is 13.9. The van der Waals surface area contributed by atoms with E-state index in [4.69, 9.17) is 0 Å². The first-order chi connectivity index (χ1) is 11.5. The van der Waals surface area contributed by atoms with Crippen LogP contribution in [0.15, 0.2) is 30.3 Å². The second-order valence-corrected chi connectivity index (χ2v) is 6.05. The second kappa shape index (κ2) is 8.59. The molecule has 1 aromatic rings. The molecule has 1 heterocycles. The Morgan fingerprint density at radius 3 is 2.58 bits per heavy atom. The molecule has 1 aromatic carbocycles. The molecule has 2 rings (SSSR count). The number of carbonyl (C=O) groups is 3. The van der Waals surface area contributed by atoms with Crippen LogP contribution in [-0.2, 0) is 20.9 Å². The lowest BCUT2D eigenvalue weighted by atomic mass is 10.1. The summed E-state index contributed by atoms with van der Waals surface area (Å²) in [5, 5.41) is 12.3. The average molecular weight is 331 g/mol. The molecule has 0 radical (unpaired) electrons. The lowest BCUT2D eigenvalue weighted by molar-refractivity contribution is -0.143. The van der Waals surface area contributed by atoms with Crippen molar-refractivity contribution in [3.63, 3.8) is 0 Å². The largest absolute Gasteiger partial charge is 0.756 e. The summed E-state index contributed by atoms with van der Waals surface area (Å²) in [4.78, 5) is 37.4. The van der Waals surface area contributed by atoms with Gasteiger partial charge in [0.2, 0.25) is 11.8 Å². The molecule has 0 aliphatic carbocycles. The van der Waals surface area contributed by atoms with E-state index >= 15 is 0 Å². The molecule has 1 aliphatic heterocycles. The minimum Gasteiger partial charge on any atom is -0.756 e. The van der Waals surface area contributed by atoms with E-state index in [9.17, 15) is 19.6 Å². The Bertz CT molecular complexity index is 588. The molecule has 0 aromatic heterocycles. The molecule has 1 saturated heterocycles. The van der Waals surface area contributed by atoms with Crippen LogP contribution in [0.5, 0.6) is 0 Å². The summed E-state index contributed by atoms with van der Waals surface area (Å²) in [5.74, 6) is -1.60. The molecule has 1 fully saturated rings. The van der Waals surface area contributed by atoms with E-state index in [1.54, 1.807) is 0 Å². The van der Waals surface area contributed by atoms with E-state index < -0.39 is 23.8 Å². The molecule has 0 spiro atoms. The number of carbonyl (C=O) groups excluding carboxylic acids is 3. The van der Waals surface area contributed by atoms with Gasteiger partial charge in [0, 0.05) is 6.42 Å². The molecule has 0 saturated carbocycles. The molecular weight excluding hydrogens is 308 g/mol. The third kappa shape index (κ3) is 4.41. The van der Waals surface area contributed by atoms with Crippen LogP contribution in [0.2, 0.25) is 0 Å². The molecule has 24 heavy (non-hydrogen) atoms. The first-order valence-electron chi connectivity index (χ1n) is 8.42. The summed E-state index contributed by atoms with van der Waals surface area (Å²) < 4.78 is 0. The second-order valence-electron chi connectivity index (χ2n) is 6.05. The van der Waals surface area contributed by atoms with E-state index in [1.807, 2.05) is 30.3 Å². The van der Waals surface area contributed by atoms with Crippen LogP contribution >= 0.6 is 0 Å². The minimum atomic E-state index is -1.21. The molecule has 0 N–H and O–H groups in total. The van der Waals surface area contributed by atoms with Gasteiger partial charge in [0.05, 0.1) is 13.0 Å². The first kappa shape index (κ1) is 18.1. The van der Waals surface area contributed by atoms with Crippen molar-refractivity contribution in [3.05, 3.63) is 41.1 Å². The number of amides is 3. The summed E-state index contributed by atoms with van der Waals surface area (Å²) in [5.41, 5.74) is 0.809. The predicted octanol–water partition coefficient (Wildman–Crippen LogP) is 2.61. The smallest absolute Gasteiger partial charge is 0.252 e. The van der Waals surface area contributed by atoms with Crippen LogP contribution in [0.25, 0.3) is 0 Å². The standard InChI is InChI=1S/C18H23N2O4/c1-2-3-4-8-11-16(21)20(24)15-12-17(22)19(18(15)23)13-14-9-6-5-7-10-14/h5-7,9-10,15H,2-4,8,11-13H2,1H3/q-1/t15-/m0/s1. The molecule has 3 amide bonds. The molecular formula is C18H23N2O4-. The fourth-order valence-electron chi connectivity index (χ4n) is 2.77. The third-order valence-electron chi connectivity index (χ3n) is 4.18. The number of rotatable bonds is 8. The number of hydroxylamine groups is 2. The van der Waals surface area contributed by atoms with Gasteiger partial charge >= 0.3 is 0 Å². The number of unbranched alkanes of at least 4 members (excludes halogenated alkanes) is 3. The minimum absolute atomic E-state index is 0.125. The molecule has 6 nitrogen and oxygen atoms in total. The number of hydrogen-bond donors (Lipinski definition) is 0. The van der Waals surface area contributed by atoms with E-state index in [2.05, 4.69) is 6.92 Å². The van der Waals surface area contributed by atoms with E-state index in [0.29, 0.717) is 6.42 Å². The average Bonchev–Trinajstić information content (AvgIpc) is 2.87. The van der Waals surface area contributed by atoms with Gasteiger partial charge in [-0.25, -0.2) is 0 Å². The Labute approximate surface area is 142 Å². The SMILES string of the molecule is CCCCCCC(=O)N([O-])[C@H]1CC(=O)N(Cc2ccccc2)C1=O. The Kier molecular flexibility index (Phi) is 6.49. The van der Waals surface area contributed by atoms with Gasteiger partial charge in [0.15, 0.2) is 0 Å². The van der Waals surface area contributed by atoms with Crippen LogP contribution in [0, 0.1) is 5.21 Å². The van der Waals surface area contributed by atoms with Crippen LogP contribution in [-0.4, -0.2) is 33.7 Å². The van der Waals surface area contributed by atoms with Crippen LogP contribution in [0.1, 0.15) is 51.0 Å².